The van der Waals surface area contributed by atoms with Gasteiger partial charge in [-0.25, -0.2) is 4.79 Å². The van der Waals surface area contributed by atoms with Crippen LogP contribution in [0.1, 0.15) is 15.9 Å². The summed E-state index contributed by atoms with van der Waals surface area (Å²) in [4.78, 5) is 36.5. The number of thiophene rings is 1. The third kappa shape index (κ3) is 2.42. The summed E-state index contributed by atoms with van der Waals surface area (Å²) in [6.45, 7) is 1.52. The molecule has 0 aliphatic rings. The smallest absolute Gasteiger partial charge is 0.293 e. The first-order chi connectivity index (χ1) is 8.08. The van der Waals surface area contributed by atoms with E-state index in [1.807, 2.05) is 0 Å². The number of nitrogens with zero attached hydrogens (tertiary/aromatic N) is 1. The van der Waals surface area contributed by atoms with Gasteiger partial charge in [0.05, 0.1) is 6.54 Å². The first-order valence-corrected chi connectivity index (χ1v) is 5.88. The van der Waals surface area contributed by atoms with E-state index in [0.717, 1.165) is 0 Å². The second kappa shape index (κ2) is 4.50. The molecule has 5 nitrogen and oxygen atoms in total. The second-order valence-corrected chi connectivity index (χ2v) is 4.41. The molecule has 2 aromatic heterocycles. The predicted molar refractivity (Wildman–Crippen MR) is 64.7 cm³/mol. The molecule has 0 bridgehead atoms. The molecule has 2 aromatic rings. The lowest BCUT2D eigenvalue weighted by Crippen LogP contribution is -2.32. The van der Waals surface area contributed by atoms with E-state index in [-0.39, 0.29) is 12.3 Å². The van der Waals surface area contributed by atoms with E-state index < -0.39 is 11.2 Å². The summed E-state index contributed by atoms with van der Waals surface area (Å²) in [5.41, 5.74) is -0.00752. The third-order valence-corrected chi connectivity index (χ3v) is 3.03. The maximum absolute atomic E-state index is 11.8. The largest absolute Gasteiger partial charge is 0.328 e. The summed E-state index contributed by atoms with van der Waals surface area (Å²) in [7, 11) is 0. The van der Waals surface area contributed by atoms with Gasteiger partial charge in [0.1, 0.15) is 0 Å². The zero-order chi connectivity index (χ0) is 12.4. The number of Topliss-reactive ketones (excluding diaryl/α,β-unsaturated/α-hetero) is 1. The normalized spacial score (nSPS) is 10.4. The zero-order valence-electron chi connectivity index (χ0n) is 9.10. The van der Waals surface area contributed by atoms with Crippen LogP contribution >= 0.6 is 11.3 Å². The molecule has 88 valence electrons. The minimum atomic E-state index is -0.566. The Kier molecular flexibility index (Phi) is 3.06. The Morgan fingerprint density at radius 2 is 2.24 bits per heavy atom. The SMILES string of the molecule is Cc1cn(CC(=O)c2ccsc2)c(=O)[nH]c1=O. The van der Waals surface area contributed by atoms with Gasteiger partial charge in [-0.05, 0) is 18.4 Å². The van der Waals surface area contributed by atoms with E-state index in [9.17, 15) is 14.4 Å². The number of aromatic amines is 1. The Balaban J connectivity index is 2.31. The van der Waals surface area contributed by atoms with Gasteiger partial charge in [-0.1, -0.05) is 0 Å². The van der Waals surface area contributed by atoms with Gasteiger partial charge in [-0.15, -0.1) is 0 Å². The van der Waals surface area contributed by atoms with Crippen LogP contribution in [0.2, 0.25) is 0 Å². The Bertz CT molecular complexity index is 652. The standard InChI is InChI=1S/C11H10N2O3S/c1-7-4-13(11(16)12-10(7)15)5-9(14)8-2-3-17-6-8/h2-4,6H,5H2,1H3,(H,12,15,16). The van der Waals surface area contributed by atoms with Gasteiger partial charge in [0.2, 0.25) is 0 Å². The number of H-pyrrole nitrogens is 1. The summed E-state index contributed by atoms with van der Waals surface area (Å²) in [6.07, 6.45) is 1.39. The molecule has 0 radical (unpaired) electrons. The van der Waals surface area contributed by atoms with Crippen molar-refractivity contribution in [3.05, 3.63) is 55.0 Å². The highest BCUT2D eigenvalue weighted by Crippen LogP contribution is 2.07. The number of ketones is 1. The minimum Gasteiger partial charge on any atom is -0.293 e. The van der Waals surface area contributed by atoms with E-state index in [4.69, 9.17) is 0 Å². The molecule has 0 atom stereocenters. The van der Waals surface area contributed by atoms with Crippen molar-refractivity contribution in [3.8, 4) is 0 Å². The van der Waals surface area contributed by atoms with E-state index in [2.05, 4.69) is 4.98 Å². The Morgan fingerprint density at radius 1 is 1.47 bits per heavy atom. The van der Waals surface area contributed by atoms with Crippen molar-refractivity contribution in [2.75, 3.05) is 0 Å². The van der Waals surface area contributed by atoms with Crippen LogP contribution in [0.15, 0.2) is 32.6 Å². The monoisotopic (exact) mass is 250 g/mol. The molecule has 0 fully saturated rings. The molecule has 17 heavy (non-hydrogen) atoms. The van der Waals surface area contributed by atoms with Crippen molar-refractivity contribution in [1.29, 1.82) is 0 Å². The van der Waals surface area contributed by atoms with Gasteiger partial charge >= 0.3 is 5.69 Å². The minimum absolute atomic E-state index is 0.0623. The van der Waals surface area contributed by atoms with Gasteiger partial charge in [0, 0.05) is 22.7 Å². The molecule has 0 aromatic carbocycles. The number of carbonyl (C=O) groups excluding carboxylic acids is 1. The summed E-state index contributed by atoms with van der Waals surface area (Å²) in [6, 6.07) is 1.70. The molecule has 0 amide bonds. The molecule has 2 rings (SSSR count). The van der Waals surface area contributed by atoms with Crippen LogP contribution in [0.25, 0.3) is 0 Å². The number of aromatic nitrogens is 2. The van der Waals surface area contributed by atoms with Gasteiger partial charge in [0.15, 0.2) is 5.78 Å². The first kappa shape index (κ1) is 11.5. The van der Waals surface area contributed by atoms with E-state index in [0.29, 0.717) is 11.1 Å². The number of aryl methyl sites for hydroxylation is 1. The quantitative estimate of drug-likeness (QED) is 0.818. The van der Waals surface area contributed by atoms with Crippen molar-refractivity contribution >= 4 is 17.1 Å². The molecule has 0 aliphatic heterocycles. The topological polar surface area (TPSA) is 71.9 Å². The van der Waals surface area contributed by atoms with E-state index in [1.165, 1.54) is 22.1 Å². The van der Waals surface area contributed by atoms with Crippen molar-refractivity contribution in [2.45, 2.75) is 13.5 Å². The maximum Gasteiger partial charge on any atom is 0.328 e. The molecule has 1 N–H and O–H groups in total. The third-order valence-electron chi connectivity index (χ3n) is 2.35. The van der Waals surface area contributed by atoms with E-state index in [1.54, 1.807) is 23.8 Å². The van der Waals surface area contributed by atoms with Gasteiger partial charge in [-0.3, -0.25) is 19.1 Å². The van der Waals surface area contributed by atoms with Crippen LogP contribution < -0.4 is 11.2 Å². The van der Waals surface area contributed by atoms with Crippen LogP contribution in [0.5, 0.6) is 0 Å². The summed E-state index contributed by atoms with van der Waals surface area (Å²) in [5.74, 6) is -0.153. The van der Waals surface area contributed by atoms with Crippen molar-refractivity contribution < 1.29 is 4.79 Å². The molecule has 0 unspecified atom stereocenters. The predicted octanol–water partition coefficient (Wildman–Crippen LogP) is 0.789. The highest BCUT2D eigenvalue weighted by Gasteiger charge is 2.09. The number of rotatable bonds is 3. The maximum atomic E-state index is 11.8. The number of nitrogens with one attached hydrogen (secondary N) is 1. The average Bonchev–Trinajstić information content (AvgIpc) is 2.79. The van der Waals surface area contributed by atoms with Crippen LogP contribution in [-0.2, 0) is 6.54 Å². The number of hydrogen-bond acceptors (Lipinski definition) is 4. The summed E-state index contributed by atoms with van der Waals surface area (Å²) >= 11 is 1.42. The lowest BCUT2D eigenvalue weighted by atomic mass is 10.2. The molecule has 0 saturated heterocycles. The molecular formula is C11H10N2O3S. The molecular weight excluding hydrogens is 240 g/mol. The highest BCUT2D eigenvalue weighted by atomic mass is 32.1. The second-order valence-electron chi connectivity index (χ2n) is 3.63. The fourth-order valence-corrected chi connectivity index (χ4v) is 2.07. The molecule has 2 heterocycles. The fourth-order valence-electron chi connectivity index (χ4n) is 1.41. The molecule has 6 heteroatoms. The average molecular weight is 250 g/mol. The Morgan fingerprint density at radius 3 is 2.88 bits per heavy atom. The van der Waals surface area contributed by atoms with Crippen LogP contribution in [0, 0.1) is 6.92 Å². The number of carbonyl (C=O) groups is 1. The van der Waals surface area contributed by atoms with Crippen molar-refractivity contribution in [3.63, 3.8) is 0 Å². The molecule has 0 saturated carbocycles. The highest BCUT2D eigenvalue weighted by molar-refractivity contribution is 7.08. The van der Waals surface area contributed by atoms with Gasteiger partial charge in [-0.2, -0.15) is 11.3 Å². The van der Waals surface area contributed by atoms with Crippen LogP contribution in [-0.4, -0.2) is 15.3 Å². The zero-order valence-corrected chi connectivity index (χ0v) is 9.91. The Hall–Kier alpha value is -1.95. The first-order valence-electron chi connectivity index (χ1n) is 4.93. The van der Waals surface area contributed by atoms with Crippen LogP contribution in [0.3, 0.4) is 0 Å². The summed E-state index contributed by atoms with van der Waals surface area (Å²) in [5, 5.41) is 3.53. The van der Waals surface area contributed by atoms with Gasteiger partial charge < -0.3 is 0 Å². The Labute approximate surface area is 100 Å². The van der Waals surface area contributed by atoms with Gasteiger partial charge in [0.25, 0.3) is 5.56 Å². The molecule has 0 aliphatic carbocycles. The van der Waals surface area contributed by atoms with Crippen molar-refractivity contribution in [2.24, 2.45) is 0 Å². The molecule has 0 spiro atoms. The lowest BCUT2D eigenvalue weighted by Gasteiger charge is -2.03. The van der Waals surface area contributed by atoms with E-state index >= 15 is 0 Å². The fraction of sp³-hybridized carbons (Fsp3) is 0.182. The lowest BCUT2D eigenvalue weighted by molar-refractivity contribution is 0.0970. The van der Waals surface area contributed by atoms with Crippen LogP contribution in [0.4, 0.5) is 0 Å². The number of hydrogen-bond donors (Lipinski definition) is 1. The van der Waals surface area contributed by atoms with Crippen molar-refractivity contribution in [1.82, 2.24) is 9.55 Å². The summed E-state index contributed by atoms with van der Waals surface area (Å²) < 4.78 is 1.21.